The third kappa shape index (κ3) is 4.92. The number of amides is 1. The highest BCUT2D eigenvalue weighted by Crippen LogP contribution is 2.18. The van der Waals surface area contributed by atoms with E-state index in [1.54, 1.807) is 18.2 Å². The summed E-state index contributed by atoms with van der Waals surface area (Å²) in [6.07, 6.45) is 1.89. The van der Waals surface area contributed by atoms with E-state index < -0.39 is 0 Å². The van der Waals surface area contributed by atoms with Crippen LogP contribution in [0.4, 0.5) is 4.39 Å². The number of aromatic nitrogens is 2. The number of thiophene rings is 1. The standard InChI is InChI=1S/C19H20FN3O2S/c1-13-6-7-23(22-13)10-14(2)21-19(24)18-8-15(12-26-18)11-25-17-5-3-4-16(20)9-17/h3-9,12,14H,10-11H2,1-2H3,(H,21,24). The number of hydrogen-bond donors (Lipinski definition) is 1. The number of aryl methyl sites for hydroxylation is 1. The number of nitrogens with one attached hydrogen (secondary N) is 1. The molecule has 0 fully saturated rings. The summed E-state index contributed by atoms with van der Waals surface area (Å²) in [4.78, 5) is 13.0. The van der Waals surface area contributed by atoms with Gasteiger partial charge in [-0.25, -0.2) is 4.39 Å². The van der Waals surface area contributed by atoms with Crippen molar-refractivity contribution in [2.75, 3.05) is 0 Å². The minimum atomic E-state index is -0.339. The third-order valence-electron chi connectivity index (χ3n) is 3.69. The molecule has 0 bridgehead atoms. The number of halogens is 1. The van der Waals surface area contributed by atoms with Crippen LogP contribution in [0.25, 0.3) is 0 Å². The molecule has 0 aliphatic heterocycles. The summed E-state index contributed by atoms with van der Waals surface area (Å²) in [5.41, 5.74) is 1.82. The van der Waals surface area contributed by atoms with E-state index in [4.69, 9.17) is 4.74 Å². The van der Waals surface area contributed by atoms with E-state index in [9.17, 15) is 9.18 Å². The van der Waals surface area contributed by atoms with Gasteiger partial charge >= 0.3 is 0 Å². The fraction of sp³-hybridized carbons (Fsp3) is 0.263. The molecule has 0 aliphatic carbocycles. The maximum absolute atomic E-state index is 13.1. The van der Waals surface area contributed by atoms with Crippen LogP contribution in [-0.4, -0.2) is 21.7 Å². The van der Waals surface area contributed by atoms with Crippen LogP contribution in [0.3, 0.4) is 0 Å². The van der Waals surface area contributed by atoms with E-state index in [1.165, 1.54) is 23.5 Å². The van der Waals surface area contributed by atoms with Gasteiger partial charge in [-0.2, -0.15) is 5.10 Å². The Kier molecular flexibility index (Phi) is 5.68. The lowest BCUT2D eigenvalue weighted by Crippen LogP contribution is -2.35. The molecule has 26 heavy (non-hydrogen) atoms. The Bertz CT molecular complexity index is 890. The van der Waals surface area contributed by atoms with E-state index in [0.29, 0.717) is 17.2 Å². The lowest BCUT2D eigenvalue weighted by atomic mass is 10.3. The van der Waals surface area contributed by atoms with Gasteiger partial charge in [0.05, 0.1) is 17.1 Å². The molecule has 2 heterocycles. The van der Waals surface area contributed by atoms with Gasteiger partial charge in [0, 0.05) is 23.9 Å². The van der Waals surface area contributed by atoms with E-state index in [1.807, 2.05) is 36.2 Å². The molecule has 1 aromatic carbocycles. The topological polar surface area (TPSA) is 56.2 Å². The molecule has 5 nitrogen and oxygen atoms in total. The maximum Gasteiger partial charge on any atom is 0.261 e. The van der Waals surface area contributed by atoms with Gasteiger partial charge in [-0.3, -0.25) is 9.48 Å². The van der Waals surface area contributed by atoms with Crippen LogP contribution >= 0.6 is 11.3 Å². The first-order valence-electron chi connectivity index (χ1n) is 8.26. The van der Waals surface area contributed by atoms with Gasteiger partial charge in [0.1, 0.15) is 18.2 Å². The Morgan fingerprint density at radius 2 is 2.23 bits per heavy atom. The molecule has 1 atom stereocenters. The number of carbonyl (C=O) groups is 1. The molecule has 0 spiro atoms. The van der Waals surface area contributed by atoms with Crippen LogP contribution < -0.4 is 10.1 Å². The molecule has 1 amide bonds. The Labute approximate surface area is 155 Å². The first-order valence-corrected chi connectivity index (χ1v) is 9.14. The van der Waals surface area contributed by atoms with Crippen molar-refractivity contribution in [1.82, 2.24) is 15.1 Å². The fourth-order valence-electron chi connectivity index (χ4n) is 2.48. The van der Waals surface area contributed by atoms with Crippen molar-refractivity contribution in [3.63, 3.8) is 0 Å². The number of hydrogen-bond acceptors (Lipinski definition) is 4. The molecular weight excluding hydrogens is 353 g/mol. The maximum atomic E-state index is 13.1. The Hall–Kier alpha value is -2.67. The van der Waals surface area contributed by atoms with Crippen molar-refractivity contribution in [3.05, 3.63) is 69.9 Å². The van der Waals surface area contributed by atoms with E-state index >= 15 is 0 Å². The van der Waals surface area contributed by atoms with Crippen LogP contribution in [-0.2, 0) is 13.2 Å². The third-order valence-corrected chi connectivity index (χ3v) is 4.67. The predicted molar refractivity (Wildman–Crippen MR) is 98.9 cm³/mol. The highest BCUT2D eigenvalue weighted by Gasteiger charge is 2.13. The predicted octanol–water partition coefficient (Wildman–Crippen LogP) is 3.79. The second-order valence-electron chi connectivity index (χ2n) is 6.12. The molecule has 3 aromatic rings. The Morgan fingerprint density at radius 1 is 1.38 bits per heavy atom. The first-order chi connectivity index (χ1) is 12.5. The minimum absolute atomic E-state index is 0.0455. The van der Waals surface area contributed by atoms with E-state index in [2.05, 4.69) is 10.4 Å². The second-order valence-corrected chi connectivity index (χ2v) is 7.03. The second kappa shape index (κ2) is 8.14. The summed E-state index contributed by atoms with van der Waals surface area (Å²) in [5, 5.41) is 9.16. The molecule has 0 saturated carbocycles. The molecule has 7 heteroatoms. The Morgan fingerprint density at radius 3 is 2.96 bits per heavy atom. The smallest absolute Gasteiger partial charge is 0.261 e. The van der Waals surface area contributed by atoms with Crippen molar-refractivity contribution >= 4 is 17.2 Å². The van der Waals surface area contributed by atoms with E-state index in [-0.39, 0.29) is 24.4 Å². The van der Waals surface area contributed by atoms with Crippen LogP contribution in [0.2, 0.25) is 0 Å². The van der Waals surface area contributed by atoms with Gasteiger partial charge in [0.2, 0.25) is 0 Å². The normalized spacial score (nSPS) is 12.0. The molecule has 1 N–H and O–H groups in total. The highest BCUT2D eigenvalue weighted by atomic mass is 32.1. The lowest BCUT2D eigenvalue weighted by Gasteiger charge is -2.13. The quantitative estimate of drug-likeness (QED) is 0.686. The fourth-order valence-corrected chi connectivity index (χ4v) is 3.28. The largest absolute Gasteiger partial charge is 0.489 e. The summed E-state index contributed by atoms with van der Waals surface area (Å²) in [6.45, 7) is 4.77. The van der Waals surface area contributed by atoms with Crippen molar-refractivity contribution in [2.45, 2.75) is 33.0 Å². The minimum Gasteiger partial charge on any atom is -0.489 e. The molecule has 1 unspecified atom stereocenters. The summed E-state index contributed by atoms with van der Waals surface area (Å²) in [6, 6.07) is 9.67. The summed E-state index contributed by atoms with van der Waals surface area (Å²) >= 11 is 1.36. The summed E-state index contributed by atoms with van der Waals surface area (Å²) in [7, 11) is 0. The van der Waals surface area contributed by atoms with Crippen molar-refractivity contribution in [1.29, 1.82) is 0 Å². The molecular formula is C19H20FN3O2S. The molecule has 0 aliphatic rings. The average Bonchev–Trinajstić information content (AvgIpc) is 3.22. The van der Waals surface area contributed by atoms with Crippen LogP contribution in [0.15, 0.2) is 48.0 Å². The zero-order valence-electron chi connectivity index (χ0n) is 14.6. The van der Waals surface area contributed by atoms with Gasteiger partial charge in [-0.15, -0.1) is 11.3 Å². The first kappa shape index (κ1) is 18.1. The Balaban J connectivity index is 1.52. The molecule has 3 rings (SSSR count). The van der Waals surface area contributed by atoms with Crippen molar-refractivity contribution in [3.8, 4) is 5.75 Å². The van der Waals surface area contributed by atoms with Crippen LogP contribution in [0, 0.1) is 12.7 Å². The average molecular weight is 373 g/mol. The van der Waals surface area contributed by atoms with Gasteiger partial charge in [0.25, 0.3) is 5.91 Å². The molecule has 0 radical (unpaired) electrons. The SMILES string of the molecule is Cc1ccn(CC(C)NC(=O)c2cc(COc3cccc(F)c3)cs2)n1. The molecule has 0 saturated heterocycles. The number of nitrogens with zero attached hydrogens (tertiary/aromatic N) is 2. The zero-order chi connectivity index (χ0) is 18.5. The number of ether oxygens (including phenoxy) is 1. The number of benzene rings is 1. The summed E-state index contributed by atoms with van der Waals surface area (Å²) < 4.78 is 20.5. The zero-order valence-corrected chi connectivity index (χ0v) is 15.4. The highest BCUT2D eigenvalue weighted by molar-refractivity contribution is 7.12. The molecule has 136 valence electrons. The number of carbonyl (C=O) groups excluding carboxylic acids is 1. The van der Waals surface area contributed by atoms with Gasteiger partial charge in [-0.1, -0.05) is 6.07 Å². The van der Waals surface area contributed by atoms with E-state index in [0.717, 1.165) is 11.3 Å². The monoisotopic (exact) mass is 373 g/mol. The van der Waals surface area contributed by atoms with Crippen LogP contribution in [0.1, 0.15) is 27.9 Å². The summed E-state index contributed by atoms with van der Waals surface area (Å²) in [5.74, 6) is 0.00275. The lowest BCUT2D eigenvalue weighted by molar-refractivity contribution is 0.0940. The van der Waals surface area contributed by atoms with Gasteiger partial charge < -0.3 is 10.1 Å². The molecule has 2 aromatic heterocycles. The van der Waals surface area contributed by atoms with Crippen molar-refractivity contribution in [2.24, 2.45) is 0 Å². The van der Waals surface area contributed by atoms with Gasteiger partial charge in [0.15, 0.2) is 0 Å². The van der Waals surface area contributed by atoms with Crippen LogP contribution in [0.5, 0.6) is 5.75 Å². The van der Waals surface area contributed by atoms with Crippen molar-refractivity contribution < 1.29 is 13.9 Å². The van der Waals surface area contributed by atoms with Gasteiger partial charge in [-0.05, 0) is 43.5 Å². The number of rotatable bonds is 7.